The van der Waals surface area contributed by atoms with Crippen LogP contribution in [-0.2, 0) is 4.79 Å². The highest BCUT2D eigenvalue weighted by molar-refractivity contribution is 7.08. The molecule has 1 aromatic rings. The van der Waals surface area contributed by atoms with E-state index in [2.05, 4.69) is 0 Å². The average molecular weight is 166 g/mol. The molecule has 0 amide bonds. The summed E-state index contributed by atoms with van der Waals surface area (Å²) in [5.41, 5.74) is 0. The SMILES string of the molecule is O=C1C=c2c(O)csc2=CC1. The molecule has 0 aromatic carbocycles. The number of hydrogen-bond acceptors (Lipinski definition) is 3. The van der Waals surface area contributed by atoms with Crippen molar-refractivity contribution >= 4 is 29.3 Å². The molecule has 56 valence electrons. The van der Waals surface area contributed by atoms with Gasteiger partial charge in [-0.3, -0.25) is 4.79 Å². The maximum atomic E-state index is 10.9. The average Bonchev–Trinajstić information content (AvgIpc) is 2.33. The molecule has 2 nitrogen and oxygen atoms in total. The minimum absolute atomic E-state index is 0.0613. The minimum atomic E-state index is 0.0613. The summed E-state index contributed by atoms with van der Waals surface area (Å²) in [4.78, 5) is 10.9. The number of aromatic hydroxyl groups is 1. The Hall–Kier alpha value is -1.09. The van der Waals surface area contributed by atoms with Gasteiger partial charge >= 0.3 is 0 Å². The van der Waals surface area contributed by atoms with Crippen LogP contribution in [0.3, 0.4) is 0 Å². The Balaban J connectivity index is 2.88. The van der Waals surface area contributed by atoms with Gasteiger partial charge in [-0.1, -0.05) is 6.08 Å². The first-order valence-corrected chi connectivity index (χ1v) is 4.16. The fraction of sp³-hybridized carbons (Fsp3) is 0.125. The lowest BCUT2D eigenvalue weighted by Gasteiger charge is -1.92. The standard InChI is InChI=1S/C8H6O2S/c9-5-1-2-8-6(3-5)7(10)4-11-8/h2-4,10H,1H2. The van der Waals surface area contributed by atoms with Crippen LogP contribution >= 0.6 is 11.3 Å². The molecule has 3 heteroatoms. The third-order valence-electron chi connectivity index (χ3n) is 1.63. The molecule has 0 atom stereocenters. The summed E-state index contributed by atoms with van der Waals surface area (Å²) in [6, 6.07) is 0. The number of rotatable bonds is 0. The van der Waals surface area contributed by atoms with E-state index in [1.165, 1.54) is 17.4 Å². The fourth-order valence-corrected chi connectivity index (χ4v) is 1.92. The van der Waals surface area contributed by atoms with E-state index in [0.29, 0.717) is 11.6 Å². The molecular weight excluding hydrogens is 160 g/mol. The summed E-state index contributed by atoms with van der Waals surface area (Å²) in [5, 5.41) is 11.6. The zero-order chi connectivity index (χ0) is 7.84. The van der Waals surface area contributed by atoms with Gasteiger partial charge in [0, 0.05) is 21.6 Å². The van der Waals surface area contributed by atoms with Crippen molar-refractivity contribution in [2.45, 2.75) is 6.42 Å². The Morgan fingerprint density at radius 2 is 2.36 bits per heavy atom. The molecule has 0 saturated heterocycles. The molecule has 0 unspecified atom stereocenters. The molecule has 0 fully saturated rings. The summed E-state index contributed by atoms with van der Waals surface area (Å²) < 4.78 is 1.00. The van der Waals surface area contributed by atoms with Gasteiger partial charge in [-0.15, -0.1) is 11.3 Å². The Kier molecular flexibility index (Phi) is 1.32. The second kappa shape index (κ2) is 2.20. The number of hydrogen-bond donors (Lipinski definition) is 1. The normalized spacial score (nSPS) is 15.1. The highest BCUT2D eigenvalue weighted by atomic mass is 32.1. The fourth-order valence-electron chi connectivity index (χ4n) is 1.09. The number of Topliss-reactive ketones (excluding diaryl/α,β-unsaturated/α-hetero) is 1. The number of ketones is 1. The maximum absolute atomic E-state index is 10.9. The summed E-state index contributed by atoms with van der Waals surface area (Å²) in [7, 11) is 0. The first kappa shape index (κ1) is 6.61. The molecule has 2 rings (SSSR count). The highest BCUT2D eigenvalue weighted by Crippen LogP contribution is 2.04. The molecule has 11 heavy (non-hydrogen) atoms. The molecule has 1 N–H and O–H groups in total. The Labute approximate surface area is 67.1 Å². The lowest BCUT2D eigenvalue weighted by Crippen LogP contribution is -2.23. The van der Waals surface area contributed by atoms with Crippen LogP contribution in [0.15, 0.2) is 5.38 Å². The molecule has 0 saturated carbocycles. The number of thiophene rings is 1. The van der Waals surface area contributed by atoms with Crippen LogP contribution in [0, 0.1) is 0 Å². The van der Waals surface area contributed by atoms with Gasteiger partial charge in [0.2, 0.25) is 0 Å². The predicted molar refractivity (Wildman–Crippen MR) is 43.8 cm³/mol. The third kappa shape index (κ3) is 0.973. The smallest absolute Gasteiger partial charge is 0.160 e. The first-order valence-electron chi connectivity index (χ1n) is 3.28. The van der Waals surface area contributed by atoms with Gasteiger partial charge in [0.15, 0.2) is 5.78 Å². The van der Waals surface area contributed by atoms with Gasteiger partial charge in [-0.25, -0.2) is 0 Å². The van der Waals surface area contributed by atoms with Gasteiger partial charge in [0.1, 0.15) is 5.75 Å². The van der Waals surface area contributed by atoms with E-state index in [9.17, 15) is 9.90 Å². The third-order valence-corrected chi connectivity index (χ3v) is 2.61. The van der Waals surface area contributed by atoms with Crippen LogP contribution in [0.25, 0.3) is 12.2 Å². The molecule has 1 aliphatic carbocycles. The van der Waals surface area contributed by atoms with Crippen LogP contribution < -0.4 is 9.75 Å². The molecule has 1 aliphatic rings. The van der Waals surface area contributed by atoms with Crippen molar-refractivity contribution in [1.82, 2.24) is 0 Å². The summed E-state index contributed by atoms with van der Waals surface area (Å²) >= 11 is 1.46. The van der Waals surface area contributed by atoms with Gasteiger partial charge in [-0.2, -0.15) is 0 Å². The lowest BCUT2D eigenvalue weighted by atomic mass is 10.1. The second-order valence-electron chi connectivity index (χ2n) is 2.42. The van der Waals surface area contributed by atoms with Gasteiger partial charge < -0.3 is 5.11 Å². The lowest BCUT2D eigenvalue weighted by molar-refractivity contribution is -0.112. The summed E-state index contributed by atoms with van der Waals surface area (Å²) in [6.07, 6.45) is 3.82. The van der Waals surface area contributed by atoms with Crippen molar-refractivity contribution < 1.29 is 9.90 Å². The monoisotopic (exact) mass is 166 g/mol. The van der Waals surface area contributed by atoms with Crippen molar-refractivity contribution in [1.29, 1.82) is 0 Å². The van der Waals surface area contributed by atoms with Crippen molar-refractivity contribution in [3.05, 3.63) is 15.1 Å². The molecule has 0 radical (unpaired) electrons. The van der Waals surface area contributed by atoms with E-state index >= 15 is 0 Å². The summed E-state index contributed by atoms with van der Waals surface area (Å²) in [5.74, 6) is 0.278. The highest BCUT2D eigenvalue weighted by Gasteiger charge is 2.05. The molecule has 1 aromatic heterocycles. The zero-order valence-electron chi connectivity index (χ0n) is 5.70. The van der Waals surface area contributed by atoms with E-state index < -0.39 is 0 Å². The van der Waals surface area contributed by atoms with Gasteiger partial charge in [0.25, 0.3) is 0 Å². The number of carbonyl (C=O) groups is 1. The number of carbonyl (C=O) groups excluding carboxylic acids is 1. The first-order chi connectivity index (χ1) is 5.27. The van der Waals surface area contributed by atoms with Crippen molar-refractivity contribution in [2.75, 3.05) is 0 Å². The van der Waals surface area contributed by atoms with E-state index in [0.717, 1.165) is 4.53 Å². The minimum Gasteiger partial charge on any atom is -0.506 e. The van der Waals surface area contributed by atoms with Gasteiger partial charge in [-0.05, 0) is 6.08 Å². The van der Waals surface area contributed by atoms with E-state index in [1.54, 1.807) is 5.38 Å². The topological polar surface area (TPSA) is 37.3 Å². The molecule has 0 spiro atoms. The summed E-state index contributed by atoms with van der Waals surface area (Å²) in [6.45, 7) is 0. The van der Waals surface area contributed by atoms with E-state index in [1.807, 2.05) is 6.08 Å². The largest absolute Gasteiger partial charge is 0.506 e. The van der Waals surface area contributed by atoms with E-state index in [4.69, 9.17) is 0 Å². The van der Waals surface area contributed by atoms with Crippen molar-refractivity contribution in [3.63, 3.8) is 0 Å². The van der Waals surface area contributed by atoms with Crippen LogP contribution in [0.4, 0.5) is 0 Å². The Morgan fingerprint density at radius 3 is 3.18 bits per heavy atom. The van der Waals surface area contributed by atoms with Crippen LogP contribution in [0.2, 0.25) is 0 Å². The maximum Gasteiger partial charge on any atom is 0.160 e. The Morgan fingerprint density at radius 1 is 1.55 bits per heavy atom. The molecule has 1 heterocycles. The molecular formula is C8H6O2S. The van der Waals surface area contributed by atoms with Crippen LogP contribution in [0.1, 0.15) is 6.42 Å². The molecule has 0 bridgehead atoms. The van der Waals surface area contributed by atoms with E-state index in [-0.39, 0.29) is 11.5 Å². The molecule has 0 aliphatic heterocycles. The van der Waals surface area contributed by atoms with Crippen LogP contribution in [0.5, 0.6) is 5.75 Å². The quantitative estimate of drug-likeness (QED) is 0.588. The van der Waals surface area contributed by atoms with Crippen molar-refractivity contribution in [3.8, 4) is 5.75 Å². The number of fused-ring (bicyclic) bond motifs is 1. The predicted octanol–water partition coefficient (Wildman–Crippen LogP) is -0.0125. The van der Waals surface area contributed by atoms with Gasteiger partial charge in [0.05, 0.1) is 0 Å². The zero-order valence-corrected chi connectivity index (χ0v) is 6.52. The Bertz CT molecular complexity index is 414. The van der Waals surface area contributed by atoms with Crippen LogP contribution in [-0.4, -0.2) is 10.9 Å². The second-order valence-corrected chi connectivity index (χ2v) is 3.33. The van der Waals surface area contributed by atoms with Crippen molar-refractivity contribution in [2.24, 2.45) is 0 Å².